The molecular formula is C11H8N2OS. The van der Waals surface area contributed by atoms with E-state index < -0.39 is 0 Å². The molecule has 1 aromatic rings. The van der Waals surface area contributed by atoms with Gasteiger partial charge < -0.3 is 0 Å². The Kier molecular flexibility index (Phi) is 1.67. The summed E-state index contributed by atoms with van der Waals surface area (Å²) in [5.41, 5.74) is 1.92. The highest BCUT2D eigenvalue weighted by Gasteiger charge is 2.16. The third kappa shape index (κ3) is 1.11. The Bertz CT molecular complexity index is 623. The van der Waals surface area contributed by atoms with Crippen molar-refractivity contribution in [2.24, 2.45) is 0 Å². The van der Waals surface area contributed by atoms with Crippen molar-refractivity contribution in [2.45, 2.75) is 0 Å². The highest BCUT2D eigenvalue weighted by atomic mass is 32.1. The standard InChI is InChI=1S/C11H8N2OS/c14-11(15)13-10-8(6-12-13)5-7-3-1-2-4-9(7)10/h1-6,12H,(H,14,15). The van der Waals surface area contributed by atoms with Gasteiger partial charge in [0.15, 0.2) is 0 Å². The number of carbonyl (C=O) groups excluding carboxylic acids is 1. The highest BCUT2D eigenvalue weighted by molar-refractivity contribution is 7.96. The van der Waals surface area contributed by atoms with Gasteiger partial charge >= 0.3 is 5.24 Å². The molecule has 1 aromatic carbocycles. The largest absolute Gasteiger partial charge is 0.301 e. The smallest absolute Gasteiger partial charge is 0.297 e. The highest BCUT2D eigenvalue weighted by Crippen LogP contribution is 2.33. The van der Waals surface area contributed by atoms with Crippen molar-refractivity contribution in [1.82, 2.24) is 9.78 Å². The molecule has 0 aromatic heterocycles. The summed E-state index contributed by atoms with van der Waals surface area (Å²) in [6, 6.07) is 10.0. The second kappa shape index (κ2) is 2.90. The van der Waals surface area contributed by atoms with Crippen LogP contribution in [-0.4, -0.2) is 15.0 Å². The van der Waals surface area contributed by atoms with E-state index in [4.69, 9.17) is 0 Å². The third-order valence-corrected chi connectivity index (χ3v) is 2.76. The molecule has 74 valence electrons. The fourth-order valence-electron chi connectivity index (χ4n) is 1.94. The minimum absolute atomic E-state index is 0.304. The number of aromatic nitrogens is 2. The van der Waals surface area contributed by atoms with Crippen molar-refractivity contribution in [1.29, 1.82) is 0 Å². The van der Waals surface area contributed by atoms with Gasteiger partial charge in [-0.25, -0.2) is 4.68 Å². The van der Waals surface area contributed by atoms with Crippen LogP contribution in [0.25, 0.3) is 22.0 Å². The fourth-order valence-corrected chi connectivity index (χ4v) is 2.10. The van der Waals surface area contributed by atoms with Gasteiger partial charge in [0.05, 0.1) is 5.69 Å². The lowest BCUT2D eigenvalue weighted by Crippen LogP contribution is -2.04. The molecule has 1 N–H and O–H groups in total. The van der Waals surface area contributed by atoms with Crippen LogP contribution >= 0.6 is 12.6 Å². The van der Waals surface area contributed by atoms with Crippen molar-refractivity contribution < 1.29 is 4.79 Å². The maximum atomic E-state index is 11.3. The van der Waals surface area contributed by atoms with E-state index in [1.165, 1.54) is 4.68 Å². The van der Waals surface area contributed by atoms with E-state index in [1.807, 2.05) is 36.5 Å². The van der Waals surface area contributed by atoms with E-state index in [0.29, 0.717) is 0 Å². The van der Waals surface area contributed by atoms with Crippen LogP contribution in [0, 0.1) is 0 Å². The first-order valence-electron chi connectivity index (χ1n) is 4.58. The quantitative estimate of drug-likeness (QED) is 0.557. The molecule has 1 aliphatic heterocycles. The first-order chi connectivity index (χ1) is 7.27. The maximum absolute atomic E-state index is 11.3. The van der Waals surface area contributed by atoms with Gasteiger partial charge in [0.2, 0.25) is 0 Å². The summed E-state index contributed by atoms with van der Waals surface area (Å²) in [7, 11) is 0. The molecule has 3 nitrogen and oxygen atoms in total. The topological polar surface area (TPSA) is 37.8 Å². The average Bonchev–Trinajstić information content (AvgIpc) is 2.74. The number of hydrogen-bond acceptors (Lipinski definition) is 1. The van der Waals surface area contributed by atoms with Gasteiger partial charge in [-0.2, -0.15) is 0 Å². The van der Waals surface area contributed by atoms with E-state index in [9.17, 15) is 4.79 Å². The number of benzene rings is 1. The monoisotopic (exact) mass is 216 g/mol. The van der Waals surface area contributed by atoms with Crippen LogP contribution in [0.15, 0.2) is 36.5 Å². The van der Waals surface area contributed by atoms with Crippen molar-refractivity contribution in [3.05, 3.63) is 36.5 Å². The summed E-state index contributed by atoms with van der Waals surface area (Å²) < 4.78 is 1.45. The number of aromatic amines is 1. The molecule has 0 atom stereocenters. The van der Waals surface area contributed by atoms with Gasteiger partial charge in [-0.3, -0.25) is 9.89 Å². The SMILES string of the molecule is O=C(S)n1[nH]cc2cc3ccccc3c1-2. The number of nitrogens with one attached hydrogen (secondary N) is 1. The Balaban J connectivity index is 2.47. The predicted molar refractivity (Wildman–Crippen MR) is 62.7 cm³/mol. The Labute approximate surface area is 91.4 Å². The van der Waals surface area contributed by atoms with Gasteiger partial charge in [0.25, 0.3) is 0 Å². The second-order valence-corrected chi connectivity index (χ2v) is 3.81. The summed E-state index contributed by atoms with van der Waals surface area (Å²) in [5, 5.41) is 4.78. The van der Waals surface area contributed by atoms with Crippen molar-refractivity contribution >= 4 is 28.6 Å². The molecule has 0 fully saturated rings. The average molecular weight is 216 g/mol. The summed E-state index contributed by atoms with van der Waals surface area (Å²) in [6.45, 7) is 0. The molecule has 4 heteroatoms. The van der Waals surface area contributed by atoms with E-state index in [0.717, 1.165) is 22.0 Å². The van der Waals surface area contributed by atoms with Gasteiger partial charge in [-0.05, 0) is 11.5 Å². The van der Waals surface area contributed by atoms with Crippen LogP contribution in [-0.2, 0) is 0 Å². The Morgan fingerprint density at radius 2 is 2.13 bits per heavy atom. The zero-order valence-corrected chi connectivity index (χ0v) is 8.66. The number of thiol groups is 1. The molecule has 0 saturated heterocycles. The van der Waals surface area contributed by atoms with Crippen LogP contribution in [0.2, 0.25) is 0 Å². The normalized spacial score (nSPS) is 11.3. The molecule has 0 unspecified atom stereocenters. The first kappa shape index (κ1) is 8.61. The number of carbonyl (C=O) groups is 1. The van der Waals surface area contributed by atoms with Gasteiger partial charge in [-0.1, -0.05) is 36.9 Å². The summed E-state index contributed by atoms with van der Waals surface area (Å²) in [5.74, 6) is 0. The molecule has 1 heterocycles. The van der Waals surface area contributed by atoms with Crippen LogP contribution in [0.4, 0.5) is 4.79 Å². The minimum Gasteiger partial charge on any atom is -0.297 e. The molecule has 0 amide bonds. The van der Waals surface area contributed by atoms with Gasteiger partial charge in [0.1, 0.15) is 0 Å². The lowest BCUT2D eigenvalue weighted by molar-refractivity contribution is 0.260. The van der Waals surface area contributed by atoms with E-state index in [1.54, 1.807) is 0 Å². The molecule has 15 heavy (non-hydrogen) atoms. The number of hydrogen-bond donors (Lipinski definition) is 2. The maximum Gasteiger partial charge on any atom is 0.301 e. The second-order valence-electron chi connectivity index (χ2n) is 3.43. The number of H-pyrrole nitrogens is 1. The molecule has 0 radical (unpaired) electrons. The lowest BCUT2D eigenvalue weighted by Gasteiger charge is -1.99. The minimum atomic E-state index is -0.304. The number of fused-ring (bicyclic) bond motifs is 3. The Morgan fingerprint density at radius 3 is 2.93 bits per heavy atom. The zero-order valence-electron chi connectivity index (χ0n) is 7.77. The van der Waals surface area contributed by atoms with E-state index in [-0.39, 0.29) is 5.24 Å². The molecule has 0 saturated carbocycles. The Morgan fingerprint density at radius 1 is 1.33 bits per heavy atom. The summed E-state index contributed by atoms with van der Waals surface area (Å²) in [4.78, 5) is 11.3. The van der Waals surface area contributed by atoms with Gasteiger partial charge in [-0.15, -0.1) is 0 Å². The molecular weight excluding hydrogens is 208 g/mol. The first-order valence-corrected chi connectivity index (χ1v) is 5.03. The molecule has 0 bridgehead atoms. The molecule has 0 spiro atoms. The molecule has 1 aliphatic carbocycles. The van der Waals surface area contributed by atoms with E-state index in [2.05, 4.69) is 17.7 Å². The summed E-state index contributed by atoms with van der Waals surface area (Å²) in [6.07, 6.45) is 1.81. The zero-order chi connectivity index (χ0) is 10.4. The summed E-state index contributed by atoms with van der Waals surface area (Å²) >= 11 is 3.82. The number of rotatable bonds is 0. The Hall–Kier alpha value is -1.68. The van der Waals surface area contributed by atoms with Crippen molar-refractivity contribution in [3.8, 4) is 11.3 Å². The third-order valence-electron chi connectivity index (χ3n) is 2.56. The molecule has 2 aliphatic rings. The van der Waals surface area contributed by atoms with Crippen LogP contribution in [0.1, 0.15) is 0 Å². The van der Waals surface area contributed by atoms with Crippen LogP contribution in [0.5, 0.6) is 0 Å². The van der Waals surface area contributed by atoms with Crippen molar-refractivity contribution in [2.75, 3.05) is 0 Å². The van der Waals surface area contributed by atoms with Crippen LogP contribution in [0.3, 0.4) is 0 Å². The van der Waals surface area contributed by atoms with E-state index >= 15 is 0 Å². The van der Waals surface area contributed by atoms with Gasteiger partial charge in [0, 0.05) is 17.1 Å². The van der Waals surface area contributed by atoms with Crippen molar-refractivity contribution in [3.63, 3.8) is 0 Å². The lowest BCUT2D eigenvalue weighted by atomic mass is 10.2. The molecule has 3 rings (SSSR count). The predicted octanol–water partition coefficient (Wildman–Crippen LogP) is 2.97. The van der Waals surface area contributed by atoms with Crippen LogP contribution < -0.4 is 0 Å². The fraction of sp³-hybridized carbons (Fsp3) is 0. The number of nitrogens with zero attached hydrogens (tertiary/aromatic N) is 1.